The number of aliphatic hydroxyl groups is 1. The molecule has 0 aliphatic heterocycles. The van der Waals surface area contributed by atoms with Crippen molar-refractivity contribution in [1.29, 1.82) is 0 Å². The maximum absolute atomic E-state index is 14.3. The van der Waals surface area contributed by atoms with Gasteiger partial charge in [-0.25, -0.2) is 8.42 Å². The Balaban J connectivity index is 1.67. The molecule has 0 bridgehead atoms. The first-order valence-corrected chi connectivity index (χ1v) is 17.0. The number of rotatable bonds is 16. The SMILES string of the molecule is CCC(=O)N(NS(=O)(=O)c1ccccc1)C(Cc1ccc(OC)cc1)C(=O)NC(Cc1ccccc1)C(O)C(=O)NCc1ccccc1. The number of carbonyl (C=O) groups excluding carboxylic acids is 3. The molecule has 4 N–H and O–H groups in total. The average Bonchev–Trinajstić information content (AvgIpc) is 3.12. The zero-order valence-electron chi connectivity index (χ0n) is 26.8. The highest BCUT2D eigenvalue weighted by atomic mass is 32.2. The predicted molar refractivity (Wildman–Crippen MR) is 181 cm³/mol. The molecule has 4 aromatic carbocycles. The number of ether oxygens (including phenoxy) is 1. The Morgan fingerprint density at radius 1 is 0.750 bits per heavy atom. The van der Waals surface area contributed by atoms with E-state index in [1.54, 1.807) is 73.7 Å². The second-order valence-corrected chi connectivity index (χ2v) is 12.7. The molecule has 252 valence electrons. The Morgan fingerprint density at radius 3 is 1.85 bits per heavy atom. The minimum Gasteiger partial charge on any atom is -0.497 e. The lowest BCUT2D eigenvalue weighted by Gasteiger charge is -2.33. The second kappa shape index (κ2) is 17.2. The first-order chi connectivity index (χ1) is 23.1. The minimum absolute atomic E-state index is 0.0687. The van der Waals surface area contributed by atoms with E-state index in [-0.39, 0.29) is 30.7 Å². The van der Waals surface area contributed by atoms with E-state index in [1.165, 1.54) is 19.2 Å². The maximum atomic E-state index is 14.3. The van der Waals surface area contributed by atoms with Crippen molar-refractivity contribution in [3.63, 3.8) is 0 Å². The molecule has 4 aromatic rings. The third kappa shape index (κ3) is 9.98. The number of nitrogens with zero attached hydrogens (tertiary/aromatic N) is 1. The number of benzene rings is 4. The van der Waals surface area contributed by atoms with Gasteiger partial charge in [-0.2, -0.15) is 0 Å². The Morgan fingerprint density at radius 2 is 1.29 bits per heavy atom. The summed E-state index contributed by atoms with van der Waals surface area (Å²) in [7, 11) is -2.78. The van der Waals surface area contributed by atoms with Crippen molar-refractivity contribution in [2.75, 3.05) is 7.11 Å². The molecular formula is C36H40N4O7S. The van der Waals surface area contributed by atoms with Gasteiger partial charge in [0.25, 0.3) is 15.9 Å². The summed E-state index contributed by atoms with van der Waals surface area (Å²) < 4.78 is 32.1. The van der Waals surface area contributed by atoms with Crippen molar-refractivity contribution >= 4 is 27.7 Å². The Labute approximate surface area is 281 Å². The fourth-order valence-corrected chi connectivity index (χ4v) is 6.10. The first kappa shape index (κ1) is 35.8. The van der Waals surface area contributed by atoms with Gasteiger partial charge in [0.15, 0.2) is 6.10 Å². The molecule has 11 nitrogen and oxygen atoms in total. The van der Waals surface area contributed by atoms with Crippen LogP contribution in [-0.2, 0) is 43.8 Å². The van der Waals surface area contributed by atoms with Crippen molar-refractivity contribution in [3.8, 4) is 5.75 Å². The first-order valence-electron chi connectivity index (χ1n) is 15.5. The predicted octanol–water partition coefficient (Wildman–Crippen LogP) is 3.14. The van der Waals surface area contributed by atoms with Gasteiger partial charge < -0.3 is 20.5 Å². The van der Waals surface area contributed by atoms with Gasteiger partial charge in [0.05, 0.1) is 18.0 Å². The van der Waals surface area contributed by atoms with Crippen molar-refractivity contribution in [1.82, 2.24) is 20.5 Å². The third-order valence-electron chi connectivity index (χ3n) is 7.63. The van der Waals surface area contributed by atoms with Gasteiger partial charge in [0, 0.05) is 19.4 Å². The fourth-order valence-electron chi connectivity index (χ4n) is 4.99. The molecule has 4 rings (SSSR count). The molecule has 0 aliphatic carbocycles. The summed E-state index contributed by atoms with van der Waals surface area (Å²) in [6.45, 7) is 1.70. The number of hydrogen-bond acceptors (Lipinski definition) is 7. The molecule has 0 spiro atoms. The second-order valence-electron chi connectivity index (χ2n) is 11.0. The zero-order chi connectivity index (χ0) is 34.5. The number of nitrogens with one attached hydrogen (secondary N) is 3. The Kier molecular flexibility index (Phi) is 12.8. The molecule has 0 fully saturated rings. The quantitative estimate of drug-likeness (QED) is 0.133. The summed E-state index contributed by atoms with van der Waals surface area (Å²) in [4.78, 5) is 43.1. The number of carbonyl (C=O) groups is 3. The van der Waals surface area contributed by atoms with Crippen LogP contribution in [0.2, 0.25) is 0 Å². The van der Waals surface area contributed by atoms with Crippen LogP contribution >= 0.6 is 0 Å². The highest BCUT2D eigenvalue weighted by Gasteiger charge is 2.36. The van der Waals surface area contributed by atoms with E-state index in [1.807, 2.05) is 36.4 Å². The summed E-state index contributed by atoms with van der Waals surface area (Å²) in [5.41, 5.74) is 2.15. The van der Waals surface area contributed by atoms with Crippen LogP contribution in [-0.4, -0.2) is 61.6 Å². The molecule has 0 heterocycles. The van der Waals surface area contributed by atoms with Gasteiger partial charge in [-0.15, -0.1) is 4.83 Å². The molecule has 3 atom stereocenters. The van der Waals surface area contributed by atoms with Crippen molar-refractivity contribution < 1.29 is 32.6 Å². The molecule has 0 saturated carbocycles. The van der Waals surface area contributed by atoms with Gasteiger partial charge >= 0.3 is 0 Å². The summed E-state index contributed by atoms with van der Waals surface area (Å²) >= 11 is 0. The Bertz CT molecular complexity index is 1740. The molecule has 12 heteroatoms. The average molecular weight is 673 g/mol. The number of methoxy groups -OCH3 is 1. The highest BCUT2D eigenvalue weighted by molar-refractivity contribution is 7.89. The topological polar surface area (TPSA) is 154 Å². The number of amides is 3. The molecule has 48 heavy (non-hydrogen) atoms. The molecule has 0 aromatic heterocycles. The summed E-state index contributed by atoms with van der Waals surface area (Å²) in [6, 6.07) is 29.9. The number of sulfonamides is 1. The van der Waals surface area contributed by atoms with E-state index in [2.05, 4.69) is 15.5 Å². The van der Waals surface area contributed by atoms with Crippen LogP contribution in [0.25, 0.3) is 0 Å². The van der Waals surface area contributed by atoms with Crippen LogP contribution in [0.5, 0.6) is 5.75 Å². The van der Waals surface area contributed by atoms with Crippen LogP contribution < -0.4 is 20.2 Å². The maximum Gasteiger partial charge on any atom is 0.257 e. The van der Waals surface area contributed by atoms with E-state index in [9.17, 15) is 27.9 Å². The smallest absolute Gasteiger partial charge is 0.257 e. The summed E-state index contributed by atoms with van der Waals surface area (Å²) in [6.07, 6.45) is -1.84. The molecule has 0 saturated heterocycles. The lowest BCUT2D eigenvalue weighted by molar-refractivity contribution is -0.143. The molecule has 0 radical (unpaired) electrons. The van der Waals surface area contributed by atoms with Crippen LogP contribution in [0.15, 0.2) is 120 Å². The number of hydrogen-bond donors (Lipinski definition) is 4. The lowest BCUT2D eigenvalue weighted by atomic mass is 9.98. The fraction of sp³-hybridized carbons (Fsp3) is 0.250. The van der Waals surface area contributed by atoms with Crippen molar-refractivity contribution in [3.05, 3.63) is 132 Å². The monoisotopic (exact) mass is 672 g/mol. The van der Waals surface area contributed by atoms with E-state index < -0.39 is 45.9 Å². The Hall–Kier alpha value is -5.04. The van der Waals surface area contributed by atoms with E-state index in [4.69, 9.17) is 4.74 Å². The molecular weight excluding hydrogens is 632 g/mol. The largest absolute Gasteiger partial charge is 0.497 e. The third-order valence-corrected chi connectivity index (χ3v) is 8.96. The zero-order valence-corrected chi connectivity index (χ0v) is 27.6. The van der Waals surface area contributed by atoms with Gasteiger partial charge in [-0.3, -0.25) is 19.4 Å². The van der Waals surface area contributed by atoms with Gasteiger partial charge in [-0.05, 0) is 47.4 Å². The van der Waals surface area contributed by atoms with Crippen molar-refractivity contribution in [2.45, 2.75) is 55.8 Å². The lowest BCUT2D eigenvalue weighted by Crippen LogP contribution is -2.61. The minimum atomic E-state index is -4.30. The van der Waals surface area contributed by atoms with Gasteiger partial charge in [0.2, 0.25) is 11.8 Å². The normalized spacial score (nSPS) is 13.1. The van der Waals surface area contributed by atoms with E-state index >= 15 is 0 Å². The summed E-state index contributed by atoms with van der Waals surface area (Å²) in [5, 5.41) is 17.6. The summed E-state index contributed by atoms with van der Waals surface area (Å²) in [5.74, 6) is -1.58. The molecule has 0 aliphatic rings. The molecule has 3 amide bonds. The van der Waals surface area contributed by atoms with Crippen LogP contribution in [0.4, 0.5) is 0 Å². The van der Waals surface area contributed by atoms with E-state index in [0.717, 1.165) is 16.1 Å². The number of aliphatic hydroxyl groups excluding tert-OH is 1. The standard InChI is InChI=1S/C36H40N4O7S/c1-3-33(41)40(39-48(45,46)30-17-11-6-12-18-30)32(24-27-19-21-29(47-2)22-20-27)35(43)38-31(23-26-13-7-4-8-14-26)34(42)36(44)37-25-28-15-9-5-10-16-28/h4-22,31-32,34,39,42H,3,23-25H2,1-2H3,(H,37,44)(H,38,43). The van der Waals surface area contributed by atoms with Crippen LogP contribution in [0.3, 0.4) is 0 Å². The highest BCUT2D eigenvalue weighted by Crippen LogP contribution is 2.18. The molecule has 3 unspecified atom stereocenters. The van der Waals surface area contributed by atoms with Crippen LogP contribution in [0.1, 0.15) is 30.0 Å². The van der Waals surface area contributed by atoms with Crippen LogP contribution in [0, 0.1) is 0 Å². The van der Waals surface area contributed by atoms with E-state index in [0.29, 0.717) is 11.3 Å². The van der Waals surface area contributed by atoms with Gasteiger partial charge in [-0.1, -0.05) is 97.9 Å². The number of hydrazine groups is 1. The van der Waals surface area contributed by atoms with Crippen molar-refractivity contribution in [2.24, 2.45) is 0 Å². The van der Waals surface area contributed by atoms with Gasteiger partial charge in [0.1, 0.15) is 11.8 Å².